The second-order valence-corrected chi connectivity index (χ2v) is 11.8. The molecule has 0 saturated heterocycles. The summed E-state index contributed by atoms with van der Waals surface area (Å²) in [7, 11) is -0.0315. The van der Waals surface area contributed by atoms with Gasteiger partial charge in [0, 0.05) is 9.13 Å². The van der Waals surface area contributed by atoms with Gasteiger partial charge in [-0.2, -0.15) is 0 Å². The predicted octanol–water partition coefficient (Wildman–Crippen LogP) is 4.23. The van der Waals surface area contributed by atoms with Gasteiger partial charge in [0.2, 0.25) is 0 Å². The van der Waals surface area contributed by atoms with Gasteiger partial charge in [-0.25, -0.2) is 4.79 Å². The molecule has 1 aromatic carbocycles. The van der Waals surface area contributed by atoms with Crippen molar-refractivity contribution >= 4 is 36.6 Å². The van der Waals surface area contributed by atoms with Gasteiger partial charge < -0.3 is 4.74 Å². The molecule has 4 heteroatoms. The summed E-state index contributed by atoms with van der Waals surface area (Å²) in [4.78, 5) is 12.0. The van der Waals surface area contributed by atoms with E-state index in [1.54, 1.807) is 0 Å². The lowest BCUT2D eigenvalue weighted by Crippen LogP contribution is -2.17. The highest BCUT2D eigenvalue weighted by molar-refractivity contribution is 14.1. The number of rotatable bonds is 1. The van der Waals surface area contributed by atoms with Crippen molar-refractivity contribution < 1.29 is 9.53 Å². The summed E-state index contributed by atoms with van der Waals surface area (Å²) < 4.78 is 6.00. The molecule has 0 N–H and O–H groups in total. The molecule has 0 unspecified atom stereocenters. The summed E-state index contributed by atoms with van der Waals surface area (Å²) in [5, 5.41) is 0. The first-order valence-corrected chi connectivity index (χ1v) is 11.1. The number of esters is 1. The van der Waals surface area contributed by atoms with Crippen molar-refractivity contribution in [3.8, 4) is 11.5 Å². The topological polar surface area (TPSA) is 26.3 Å². The second-order valence-electron chi connectivity index (χ2n) is 5.93. The van der Waals surface area contributed by atoms with Crippen LogP contribution in [0.15, 0.2) is 0 Å². The van der Waals surface area contributed by atoms with Crippen molar-refractivity contribution in [3.05, 3.63) is 31.4 Å². The van der Waals surface area contributed by atoms with E-state index in [4.69, 9.17) is 4.74 Å². The van der Waals surface area contributed by atoms with Crippen LogP contribution in [0.5, 0.6) is 0 Å². The van der Waals surface area contributed by atoms with Gasteiger partial charge in [0.05, 0.1) is 12.7 Å². The summed E-state index contributed by atoms with van der Waals surface area (Å²) in [5.74, 6) is 3.02. The molecule has 0 aliphatic rings. The van der Waals surface area contributed by atoms with Crippen LogP contribution in [0.2, 0.25) is 19.6 Å². The average Bonchev–Trinajstić information content (AvgIpc) is 2.34. The lowest BCUT2D eigenvalue weighted by molar-refractivity contribution is 0.0599. The third-order valence-electron chi connectivity index (χ3n) is 3.11. The molecule has 0 aromatic heterocycles. The number of hydrogen-bond donors (Lipinski definition) is 0. The zero-order chi connectivity index (χ0) is 15.7. The summed E-state index contributed by atoms with van der Waals surface area (Å²) in [6.45, 7) is 12.6. The van der Waals surface area contributed by atoms with Gasteiger partial charge in [-0.15, -0.1) is 5.54 Å². The second kappa shape index (κ2) is 6.31. The lowest BCUT2D eigenvalue weighted by atomic mass is 9.94. The lowest BCUT2D eigenvalue weighted by Gasteiger charge is -2.15. The fourth-order valence-electron chi connectivity index (χ4n) is 2.03. The molecular weight excluding hydrogens is 379 g/mol. The van der Waals surface area contributed by atoms with Crippen LogP contribution >= 0.6 is 22.6 Å². The Morgan fingerprint density at radius 2 is 1.65 bits per heavy atom. The van der Waals surface area contributed by atoms with Crippen molar-refractivity contribution in [1.82, 2.24) is 0 Å². The van der Waals surface area contributed by atoms with Crippen LogP contribution in [0.4, 0.5) is 0 Å². The number of ether oxygens (including phenoxy) is 1. The molecule has 0 aliphatic carbocycles. The van der Waals surface area contributed by atoms with Gasteiger partial charge in [0.25, 0.3) is 0 Å². The van der Waals surface area contributed by atoms with Crippen LogP contribution in [-0.4, -0.2) is 21.2 Å². The van der Waals surface area contributed by atoms with Crippen LogP contribution < -0.4 is 0 Å². The van der Waals surface area contributed by atoms with Gasteiger partial charge in [-0.05, 0) is 60.1 Å². The number of benzene rings is 1. The molecule has 0 atom stereocenters. The zero-order valence-corrected chi connectivity index (χ0v) is 16.4. The third kappa shape index (κ3) is 3.64. The fraction of sp³-hybridized carbons (Fsp3) is 0.438. The Labute approximate surface area is 136 Å². The Kier molecular flexibility index (Phi) is 5.44. The van der Waals surface area contributed by atoms with Crippen molar-refractivity contribution in [2.45, 2.75) is 40.4 Å². The van der Waals surface area contributed by atoms with E-state index >= 15 is 0 Å². The van der Waals surface area contributed by atoms with Crippen molar-refractivity contribution in [2.75, 3.05) is 7.11 Å². The van der Waals surface area contributed by atoms with E-state index in [1.165, 1.54) is 7.11 Å². The highest BCUT2D eigenvalue weighted by Crippen LogP contribution is 2.28. The first-order chi connectivity index (χ1) is 9.10. The molecule has 1 rings (SSSR count). The largest absolute Gasteiger partial charge is 0.465 e. The molecule has 0 radical (unpaired) electrons. The minimum absolute atomic E-state index is 0.283. The van der Waals surface area contributed by atoms with Crippen LogP contribution in [0.3, 0.4) is 0 Å². The molecule has 0 bridgehead atoms. The maximum atomic E-state index is 12.0. The molecule has 0 fully saturated rings. The van der Waals surface area contributed by atoms with Crippen molar-refractivity contribution in [3.63, 3.8) is 0 Å². The smallest absolute Gasteiger partial charge is 0.338 e. The zero-order valence-electron chi connectivity index (χ0n) is 13.2. The van der Waals surface area contributed by atoms with Crippen molar-refractivity contribution in [1.29, 1.82) is 0 Å². The minimum atomic E-state index is -1.45. The van der Waals surface area contributed by atoms with Crippen LogP contribution in [0, 0.1) is 35.8 Å². The standard InChI is InChI=1S/C16H21IO2Si/c1-10-13(8-9-20(5,6)7)11(2)15(17)12(3)14(10)16(18)19-4/h1-7H3. The summed E-state index contributed by atoms with van der Waals surface area (Å²) in [6.07, 6.45) is 0. The number of hydrogen-bond acceptors (Lipinski definition) is 2. The van der Waals surface area contributed by atoms with Crippen LogP contribution in [-0.2, 0) is 4.74 Å². The number of methoxy groups -OCH3 is 1. The maximum absolute atomic E-state index is 12.0. The third-order valence-corrected chi connectivity index (χ3v) is 5.60. The monoisotopic (exact) mass is 400 g/mol. The Balaban J connectivity index is 3.65. The fourth-order valence-corrected chi connectivity index (χ4v) is 3.07. The van der Waals surface area contributed by atoms with Gasteiger partial charge in [-0.3, -0.25) is 0 Å². The number of halogens is 1. The molecule has 0 spiro atoms. The Bertz CT molecular complexity index is 616. The van der Waals surface area contributed by atoms with E-state index in [0.29, 0.717) is 5.56 Å². The van der Waals surface area contributed by atoms with Gasteiger partial charge in [0.15, 0.2) is 0 Å². The quantitative estimate of drug-likeness (QED) is 0.305. The van der Waals surface area contributed by atoms with E-state index in [9.17, 15) is 4.79 Å². The maximum Gasteiger partial charge on any atom is 0.338 e. The molecule has 0 aliphatic heterocycles. The van der Waals surface area contributed by atoms with Gasteiger partial charge in [0.1, 0.15) is 8.07 Å². The van der Waals surface area contributed by atoms with Crippen LogP contribution in [0.25, 0.3) is 0 Å². The summed E-state index contributed by atoms with van der Waals surface area (Å²) in [5.41, 5.74) is 8.07. The average molecular weight is 400 g/mol. The normalized spacial score (nSPS) is 10.8. The van der Waals surface area contributed by atoms with Crippen LogP contribution in [0.1, 0.15) is 32.6 Å². The van der Waals surface area contributed by atoms with E-state index in [0.717, 1.165) is 25.8 Å². The molecule has 108 valence electrons. The summed E-state index contributed by atoms with van der Waals surface area (Å²) in [6, 6.07) is 0. The molecule has 0 saturated carbocycles. The van der Waals surface area contributed by atoms with E-state index in [-0.39, 0.29) is 5.97 Å². The number of carbonyl (C=O) groups is 1. The molecule has 1 aromatic rings. The van der Waals surface area contributed by atoms with E-state index < -0.39 is 8.07 Å². The minimum Gasteiger partial charge on any atom is -0.465 e. The molecule has 20 heavy (non-hydrogen) atoms. The predicted molar refractivity (Wildman–Crippen MR) is 94.9 cm³/mol. The van der Waals surface area contributed by atoms with Gasteiger partial charge >= 0.3 is 5.97 Å². The Morgan fingerprint density at radius 1 is 1.10 bits per heavy atom. The molecule has 0 heterocycles. The highest BCUT2D eigenvalue weighted by atomic mass is 127. The van der Waals surface area contributed by atoms with Gasteiger partial charge in [-0.1, -0.05) is 25.6 Å². The first kappa shape index (κ1) is 17.2. The summed E-state index contributed by atoms with van der Waals surface area (Å²) >= 11 is 2.28. The van der Waals surface area contributed by atoms with E-state index in [1.807, 2.05) is 13.8 Å². The van der Waals surface area contributed by atoms with E-state index in [2.05, 4.69) is 60.6 Å². The first-order valence-electron chi connectivity index (χ1n) is 6.51. The molecule has 0 amide bonds. The number of carbonyl (C=O) groups excluding carboxylic acids is 1. The highest BCUT2D eigenvalue weighted by Gasteiger charge is 2.20. The molecule has 2 nitrogen and oxygen atoms in total. The Hall–Kier alpha value is -0.803. The Morgan fingerprint density at radius 3 is 2.10 bits per heavy atom. The molecular formula is C16H21IO2Si. The SMILES string of the molecule is COC(=O)c1c(C)c(I)c(C)c(C#C[Si](C)(C)C)c1C. The van der Waals surface area contributed by atoms with Crippen molar-refractivity contribution in [2.24, 2.45) is 0 Å².